The van der Waals surface area contributed by atoms with E-state index in [1.165, 1.54) is 34.1 Å². The molecule has 13 nitrogen and oxygen atoms in total. The van der Waals surface area contributed by atoms with Crippen molar-refractivity contribution in [3.05, 3.63) is 53.6 Å². The van der Waals surface area contributed by atoms with E-state index < -0.39 is 66.1 Å². The molecule has 0 radical (unpaired) electrons. The van der Waals surface area contributed by atoms with E-state index in [4.69, 9.17) is 4.98 Å². The molecule has 2 aliphatic heterocycles. The van der Waals surface area contributed by atoms with E-state index in [2.05, 4.69) is 26.3 Å². The Labute approximate surface area is 359 Å². The van der Waals surface area contributed by atoms with E-state index >= 15 is 8.78 Å². The van der Waals surface area contributed by atoms with E-state index in [-0.39, 0.29) is 74.5 Å². The summed E-state index contributed by atoms with van der Waals surface area (Å²) < 4.78 is 62.6. The lowest BCUT2D eigenvalue weighted by Gasteiger charge is -2.35. The van der Waals surface area contributed by atoms with Gasteiger partial charge in [0.1, 0.15) is 36.1 Å². The number of fused-ring (bicyclic) bond motifs is 2. The summed E-state index contributed by atoms with van der Waals surface area (Å²) in [5, 5.41) is 12.2. The van der Waals surface area contributed by atoms with Gasteiger partial charge in [-0.15, -0.1) is 0 Å². The Bertz CT molecular complexity index is 2280. The summed E-state index contributed by atoms with van der Waals surface area (Å²) in [6.07, 6.45) is 2.13. The third-order valence-electron chi connectivity index (χ3n) is 13.3. The number of nitrogens with one attached hydrogen (secondary N) is 5. The Morgan fingerprint density at radius 3 is 2.10 bits per heavy atom. The fourth-order valence-electron chi connectivity index (χ4n) is 9.58. The molecule has 4 heterocycles. The van der Waals surface area contributed by atoms with Crippen LogP contribution in [0.5, 0.6) is 0 Å². The topological polar surface area (TPSA) is 156 Å². The van der Waals surface area contributed by atoms with Gasteiger partial charge in [0.25, 0.3) is 0 Å². The van der Waals surface area contributed by atoms with Crippen LogP contribution in [0, 0.1) is 17.6 Å². The molecule has 336 valence electrons. The van der Waals surface area contributed by atoms with E-state index in [0.29, 0.717) is 33.5 Å². The second-order valence-corrected chi connectivity index (χ2v) is 17.4. The number of benzene rings is 2. The summed E-state index contributed by atoms with van der Waals surface area (Å²) >= 11 is 0. The molecule has 3 aliphatic rings. The predicted molar refractivity (Wildman–Crippen MR) is 228 cm³/mol. The average molecular weight is 866 g/mol. The number of alkyl halides is 2. The molecule has 4 amide bonds. The molecular weight excluding hydrogens is 807 g/mol. The highest BCUT2D eigenvalue weighted by Gasteiger charge is 2.43. The highest BCUT2D eigenvalue weighted by Crippen LogP contribution is 2.38. The summed E-state index contributed by atoms with van der Waals surface area (Å²) in [5.41, 5.74) is 2.23. The van der Waals surface area contributed by atoms with Crippen LogP contribution in [0.3, 0.4) is 0 Å². The fourth-order valence-corrected chi connectivity index (χ4v) is 9.58. The van der Waals surface area contributed by atoms with Crippen LogP contribution in [0.1, 0.15) is 77.7 Å². The number of amides is 4. The van der Waals surface area contributed by atoms with Crippen LogP contribution >= 0.6 is 0 Å². The molecule has 17 heteroatoms. The van der Waals surface area contributed by atoms with Crippen molar-refractivity contribution in [1.29, 1.82) is 0 Å². The molecule has 3 fully saturated rings. The molecule has 2 aromatic heterocycles. The lowest BCUT2D eigenvalue weighted by atomic mass is 9.83. The number of aromatic nitrogens is 3. The van der Waals surface area contributed by atoms with Gasteiger partial charge in [0, 0.05) is 42.4 Å². The van der Waals surface area contributed by atoms with Crippen LogP contribution in [-0.2, 0) is 32.1 Å². The largest absolute Gasteiger partial charge is 0.352 e. The molecule has 2 saturated heterocycles. The number of aromatic amines is 1. The van der Waals surface area contributed by atoms with Crippen molar-refractivity contribution < 1.29 is 36.7 Å². The van der Waals surface area contributed by atoms with Gasteiger partial charge >= 0.3 is 0 Å². The van der Waals surface area contributed by atoms with Gasteiger partial charge in [-0.25, -0.2) is 22.5 Å². The SMILES string of the molecule is CC[C@H](NC(=O)[C@H](C)NC)C(=O)N1C[C@@H](F)C[C@H]1Cc1c(-c2nc3cc(F)ccc3n2C[C@@H]2C[C@H](F)CN2C(=O)[C@@H](NC(=O)[C@H](C)NC)C2CCCCC2)[nH]c2cc(F)ccc12. The van der Waals surface area contributed by atoms with Crippen molar-refractivity contribution in [3.63, 3.8) is 0 Å². The number of imidazole rings is 1. The maximum absolute atomic E-state index is 15.7. The minimum absolute atomic E-state index is 0.00827. The number of rotatable bonds is 15. The first-order chi connectivity index (χ1) is 29.7. The minimum Gasteiger partial charge on any atom is -0.352 e. The van der Waals surface area contributed by atoms with Gasteiger partial charge in [-0.1, -0.05) is 26.2 Å². The van der Waals surface area contributed by atoms with Gasteiger partial charge < -0.3 is 40.6 Å². The van der Waals surface area contributed by atoms with E-state index in [9.17, 15) is 28.0 Å². The Kier molecular flexibility index (Phi) is 13.9. The summed E-state index contributed by atoms with van der Waals surface area (Å²) in [7, 11) is 3.30. The maximum Gasteiger partial charge on any atom is 0.245 e. The van der Waals surface area contributed by atoms with E-state index in [1.807, 2.05) is 0 Å². The molecule has 1 aliphatic carbocycles. The van der Waals surface area contributed by atoms with E-state index in [1.54, 1.807) is 51.6 Å². The number of hydrogen-bond donors (Lipinski definition) is 5. The third-order valence-corrected chi connectivity index (χ3v) is 13.3. The van der Waals surface area contributed by atoms with Gasteiger partial charge in [0.05, 0.1) is 47.9 Å². The Morgan fingerprint density at radius 1 is 0.823 bits per heavy atom. The molecule has 0 unspecified atom stereocenters. The molecule has 62 heavy (non-hydrogen) atoms. The second-order valence-electron chi connectivity index (χ2n) is 17.4. The van der Waals surface area contributed by atoms with Crippen LogP contribution in [0.4, 0.5) is 17.6 Å². The van der Waals surface area contributed by atoms with Gasteiger partial charge in [-0.05, 0) is 95.4 Å². The minimum atomic E-state index is -1.34. The number of likely N-dealkylation sites (tertiary alicyclic amines) is 2. The number of nitrogens with zero attached hydrogens (tertiary/aromatic N) is 4. The molecule has 1 saturated carbocycles. The molecule has 2 aromatic carbocycles. The van der Waals surface area contributed by atoms with Crippen molar-refractivity contribution in [1.82, 2.24) is 45.6 Å². The molecule has 7 rings (SSSR count). The first-order valence-electron chi connectivity index (χ1n) is 22.0. The van der Waals surface area contributed by atoms with Gasteiger partial charge in [0.15, 0.2) is 5.82 Å². The van der Waals surface area contributed by atoms with Crippen molar-refractivity contribution >= 4 is 45.6 Å². The third kappa shape index (κ3) is 9.33. The van der Waals surface area contributed by atoms with Crippen molar-refractivity contribution in [2.24, 2.45) is 5.92 Å². The van der Waals surface area contributed by atoms with Crippen LogP contribution in [0.2, 0.25) is 0 Å². The lowest BCUT2D eigenvalue weighted by Crippen LogP contribution is -2.57. The number of H-pyrrole nitrogens is 1. The average Bonchev–Trinajstić information content (AvgIpc) is 4.03. The van der Waals surface area contributed by atoms with Gasteiger partial charge in [-0.3, -0.25) is 19.2 Å². The van der Waals surface area contributed by atoms with E-state index in [0.717, 1.165) is 32.1 Å². The summed E-state index contributed by atoms with van der Waals surface area (Å²) in [6.45, 7) is 4.86. The fraction of sp³-hybridized carbons (Fsp3) is 0.578. The molecule has 5 N–H and O–H groups in total. The highest BCUT2D eigenvalue weighted by molar-refractivity contribution is 5.93. The molecule has 8 atom stereocenters. The van der Waals surface area contributed by atoms with Gasteiger partial charge in [-0.2, -0.15) is 0 Å². The zero-order valence-electron chi connectivity index (χ0n) is 36.1. The maximum atomic E-state index is 15.7. The van der Waals surface area contributed by atoms with Crippen molar-refractivity contribution in [3.8, 4) is 11.5 Å². The molecular formula is C45H59F4N9O4. The number of carbonyl (C=O) groups is 4. The first-order valence-corrected chi connectivity index (χ1v) is 22.0. The standard InChI is InChI=1S/C45H59F4N9O4/c1-6-35(54-42(59)24(2)50-4)44(61)56-21-29(48)16-31(56)20-34-33-14-12-27(46)18-36(33)52-40(34)41-53-37-19-28(47)13-15-38(37)58(41)23-32-17-30(49)22-57(32)45(62)39(26-10-8-7-9-11-26)55-43(60)25(3)51-5/h12-15,18-19,24-26,29-32,35,39,50-52H,6-11,16-17,20-23H2,1-5H3,(H,54,59)(H,55,60)/t24-,25-,29-,30-,31-,32-,35-,39-/m0/s1. The van der Waals surface area contributed by atoms with Crippen LogP contribution in [0.15, 0.2) is 36.4 Å². The summed E-state index contributed by atoms with van der Waals surface area (Å²) in [5.74, 6) is -2.31. The number of hydrogen-bond acceptors (Lipinski definition) is 7. The highest BCUT2D eigenvalue weighted by atomic mass is 19.1. The normalized spacial score (nSPS) is 22.9. The Hall–Kier alpha value is -5.03. The van der Waals surface area contributed by atoms with Crippen LogP contribution in [-0.4, -0.2) is 124 Å². The Morgan fingerprint density at radius 2 is 1.44 bits per heavy atom. The quantitative estimate of drug-likeness (QED) is 0.105. The van der Waals surface area contributed by atoms with Crippen LogP contribution < -0.4 is 21.3 Å². The second kappa shape index (κ2) is 19.2. The smallest absolute Gasteiger partial charge is 0.245 e. The summed E-state index contributed by atoms with van der Waals surface area (Å²) in [4.78, 5) is 66.0. The molecule has 0 spiro atoms. The number of halogens is 4. The van der Waals surface area contributed by atoms with Crippen LogP contribution in [0.25, 0.3) is 33.5 Å². The molecule has 4 aromatic rings. The number of carbonyl (C=O) groups excluding carboxylic acids is 4. The molecule has 0 bridgehead atoms. The van der Waals surface area contributed by atoms with Crippen molar-refractivity contribution in [2.75, 3.05) is 27.2 Å². The monoisotopic (exact) mass is 865 g/mol. The number of likely N-dealkylation sites (N-methyl/N-ethyl adjacent to an activating group) is 2. The summed E-state index contributed by atoms with van der Waals surface area (Å²) in [6, 6.07) is 4.20. The lowest BCUT2D eigenvalue weighted by molar-refractivity contribution is -0.139. The van der Waals surface area contributed by atoms with Gasteiger partial charge in [0.2, 0.25) is 23.6 Å². The first kappa shape index (κ1) is 45.0. The zero-order chi connectivity index (χ0) is 44.4. The predicted octanol–water partition coefficient (Wildman–Crippen LogP) is 5.06. The Balaban J connectivity index is 1.27. The van der Waals surface area contributed by atoms with Crippen molar-refractivity contribution in [2.45, 2.75) is 134 Å². The zero-order valence-corrected chi connectivity index (χ0v) is 36.1.